The highest BCUT2D eigenvalue weighted by Gasteiger charge is 2.46. The fourth-order valence-corrected chi connectivity index (χ4v) is 5.59. The second-order valence-corrected chi connectivity index (χ2v) is 11.0. The van der Waals surface area contributed by atoms with Gasteiger partial charge in [0.1, 0.15) is 0 Å². The zero-order valence-corrected chi connectivity index (χ0v) is 19.9. The fraction of sp³-hybridized carbons (Fsp3) is 0.731. The summed E-state index contributed by atoms with van der Waals surface area (Å²) >= 11 is 0. The number of benzene rings is 1. The predicted molar refractivity (Wildman–Crippen MR) is 127 cm³/mol. The maximum Gasteiger partial charge on any atom is 0.225 e. The zero-order valence-electron chi connectivity index (χ0n) is 19.9. The second kappa shape index (κ2) is 8.74. The first-order valence-electron chi connectivity index (χ1n) is 12.3. The minimum Gasteiger partial charge on any atom is -0.389 e. The molecule has 0 aliphatic carbocycles. The molecule has 3 saturated heterocycles. The zero-order chi connectivity index (χ0) is 22.2. The van der Waals surface area contributed by atoms with Gasteiger partial charge in [-0.2, -0.15) is 0 Å². The summed E-state index contributed by atoms with van der Waals surface area (Å²) in [6.45, 7) is 14.5. The van der Waals surface area contributed by atoms with Gasteiger partial charge in [-0.15, -0.1) is 0 Å². The van der Waals surface area contributed by atoms with E-state index in [1.165, 1.54) is 11.3 Å². The number of hydrogen-bond acceptors (Lipinski definition) is 4. The summed E-state index contributed by atoms with van der Waals surface area (Å²) in [6.07, 6.45) is 3.87. The van der Waals surface area contributed by atoms with E-state index >= 15 is 0 Å². The Labute approximate surface area is 188 Å². The van der Waals surface area contributed by atoms with Crippen molar-refractivity contribution in [2.24, 2.45) is 5.41 Å². The van der Waals surface area contributed by atoms with Crippen molar-refractivity contribution in [3.63, 3.8) is 0 Å². The van der Waals surface area contributed by atoms with Crippen LogP contribution in [0.4, 0.5) is 5.69 Å². The predicted octanol–water partition coefficient (Wildman–Crippen LogP) is 3.86. The lowest BCUT2D eigenvalue weighted by Crippen LogP contribution is -2.61. The monoisotopic (exact) mass is 427 g/mol. The van der Waals surface area contributed by atoms with E-state index in [2.05, 4.69) is 61.8 Å². The van der Waals surface area contributed by atoms with Gasteiger partial charge in [-0.05, 0) is 63.1 Å². The second-order valence-electron chi connectivity index (χ2n) is 11.0. The van der Waals surface area contributed by atoms with Gasteiger partial charge in [0.25, 0.3) is 0 Å². The van der Waals surface area contributed by atoms with Gasteiger partial charge in [0.2, 0.25) is 5.91 Å². The quantitative estimate of drug-likeness (QED) is 0.775. The van der Waals surface area contributed by atoms with E-state index in [0.29, 0.717) is 36.6 Å². The lowest BCUT2D eigenvalue weighted by Gasteiger charge is -2.55. The summed E-state index contributed by atoms with van der Waals surface area (Å²) in [5.41, 5.74) is 2.27. The molecule has 3 aliphatic rings. The van der Waals surface area contributed by atoms with Gasteiger partial charge in [-0.3, -0.25) is 4.79 Å². The van der Waals surface area contributed by atoms with Crippen LogP contribution in [-0.4, -0.2) is 71.7 Å². The molecule has 0 radical (unpaired) electrons. The van der Waals surface area contributed by atoms with Crippen molar-refractivity contribution in [2.75, 3.05) is 44.2 Å². The third-order valence-corrected chi connectivity index (χ3v) is 8.09. The highest BCUT2D eigenvalue weighted by Crippen LogP contribution is 2.43. The average molecular weight is 428 g/mol. The van der Waals surface area contributed by atoms with Crippen molar-refractivity contribution in [1.82, 2.24) is 9.80 Å². The third kappa shape index (κ3) is 4.93. The Kier molecular flexibility index (Phi) is 6.37. The standard InChI is InChI=1S/C26H41N3O2/c1-20(2)22-5-7-23(8-6-22)29-18-25(19-29)9-13-28(14-10-25)24(30)17-26(31)11-15-27(16-12-26)21(3)4/h5-8,20-21,31H,9-19H2,1-4H3. The molecule has 0 unspecified atom stereocenters. The van der Waals surface area contributed by atoms with Crippen LogP contribution in [-0.2, 0) is 4.79 Å². The van der Waals surface area contributed by atoms with Gasteiger partial charge >= 0.3 is 0 Å². The van der Waals surface area contributed by atoms with Crippen LogP contribution < -0.4 is 4.90 Å². The molecule has 0 saturated carbocycles. The van der Waals surface area contributed by atoms with E-state index in [0.717, 1.165) is 52.1 Å². The first-order valence-corrected chi connectivity index (χ1v) is 12.3. The molecule has 4 rings (SSSR count). The van der Waals surface area contributed by atoms with Gasteiger partial charge < -0.3 is 19.8 Å². The largest absolute Gasteiger partial charge is 0.389 e. The first-order chi connectivity index (χ1) is 14.7. The summed E-state index contributed by atoms with van der Waals surface area (Å²) in [5.74, 6) is 0.718. The number of carbonyl (C=O) groups is 1. The average Bonchev–Trinajstić information content (AvgIpc) is 2.72. The van der Waals surface area contributed by atoms with Crippen LogP contribution in [0.25, 0.3) is 0 Å². The van der Waals surface area contributed by atoms with Crippen molar-refractivity contribution < 1.29 is 9.90 Å². The minimum absolute atomic E-state index is 0.149. The van der Waals surface area contributed by atoms with Gasteiger partial charge in [-0.1, -0.05) is 26.0 Å². The number of anilines is 1. The molecule has 1 N–H and O–H groups in total. The molecule has 1 amide bonds. The molecule has 1 aromatic carbocycles. The van der Waals surface area contributed by atoms with E-state index < -0.39 is 5.60 Å². The lowest BCUT2D eigenvalue weighted by atomic mass is 9.71. The number of hydrogen-bond donors (Lipinski definition) is 1. The molecule has 3 aliphatic heterocycles. The van der Waals surface area contributed by atoms with E-state index in [1.807, 2.05) is 4.90 Å². The van der Waals surface area contributed by atoms with Crippen LogP contribution in [0.1, 0.15) is 71.3 Å². The Hall–Kier alpha value is -1.59. The summed E-state index contributed by atoms with van der Waals surface area (Å²) in [5, 5.41) is 11.0. The fourth-order valence-electron chi connectivity index (χ4n) is 5.59. The van der Waals surface area contributed by atoms with E-state index in [9.17, 15) is 9.90 Å². The van der Waals surface area contributed by atoms with Crippen LogP contribution in [0.15, 0.2) is 24.3 Å². The summed E-state index contributed by atoms with van der Waals surface area (Å²) < 4.78 is 0. The smallest absolute Gasteiger partial charge is 0.225 e. The van der Waals surface area contributed by atoms with E-state index in [-0.39, 0.29) is 5.91 Å². The van der Waals surface area contributed by atoms with Gasteiger partial charge in [0.05, 0.1) is 12.0 Å². The minimum atomic E-state index is -0.812. The molecule has 1 spiro atoms. The maximum absolute atomic E-state index is 12.9. The molecular formula is C26H41N3O2. The van der Waals surface area contributed by atoms with E-state index in [1.54, 1.807) is 0 Å². The number of aliphatic hydroxyl groups is 1. The maximum atomic E-state index is 12.9. The van der Waals surface area contributed by atoms with Crippen molar-refractivity contribution in [3.8, 4) is 0 Å². The Morgan fingerprint density at radius 2 is 1.52 bits per heavy atom. The Bertz CT molecular complexity index is 749. The number of nitrogens with zero attached hydrogens (tertiary/aromatic N) is 3. The summed E-state index contributed by atoms with van der Waals surface area (Å²) in [4.78, 5) is 19.8. The number of likely N-dealkylation sites (tertiary alicyclic amines) is 2. The van der Waals surface area contributed by atoms with Crippen LogP contribution in [0.5, 0.6) is 0 Å². The number of piperidine rings is 2. The van der Waals surface area contributed by atoms with Gasteiger partial charge in [-0.25, -0.2) is 0 Å². The van der Waals surface area contributed by atoms with Crippen molar-refractivity contribution in [3.05, 3.63) is 29.8 Å². The molecule has 3 heterocycles. The topological polar surface area (TPSA) is 47.0 Å². The number of rotatable bonds is 5. The molecule has 31 heavy (non-hydrogen) atoms. The van der Waals surface area contributed by atoms with Crippen LogP contribution in [0.3, 0.4) is 0 Å². The van der Waals surface area contributed by atoms with Gasteiger partial charge in [0.15, 0.2) is 0 Å². The highest BCUT2D eigenvalue weighted by atomic mass is 16.3. The molecular weight excluding hydrogens is 386 g/mol. The lowest BCUT2D eigenvalue weighted by molar-refractivity contribution is -0.141. The Balaban J connectivity index is 1.23. The van der Waals surface area contributed by atoms with Crippen LogP contribution in [0.2, 0.25) is 0 Å². The highest BCUT2D eigenvalue weighted by molar-refractivity contribution is 5.77. The summed E-state index contributed by atoms with van der Waals surface area (Å²) in [6, 6.07) is 9.53. The van der Waals surface area contributed by atoms with E-state index in [4.69, 9.17) is 0 Å². The van der Waals surface area contributed by atoms with Crippen molar-refractivity contribution >= 4 is 11.6 Å². The molecule has 1 aromatic rings. The first kappa shape index (κ1) is 22.6. The molecule has 5 heteroatoms. The number of amides is 1. The number of carbonyl (C=O) groups excluding carboxylic acids is 1. The Morgan fingerprint density at radius 1 is 0.935 bits per heavy atom. The van der Waals surface area contributed by atoms with Crippen molar-refractivity contribution in [2.45, 2.75) is 77.4 Å². The van der Waals surface area contributed by atoms with Crippen LogP contribution in [0, 0.1) is 5.41 Å². The molecule has 5 nitrogen and oxygen atoms in total. The normalized spacial score (nSPS) is 23.5. The molecule has 3 fully saturated rings. The van der Waals surface area contributed by atoms with Crippen molar-refractivity contribution in [1.29, 1.82) is 0 Å². The third-order valence-electron chi connectivity index (χ3n) is 8.09. The van der Waals surface area contributed by atoms with Crippen LogP contribution >= 0.6 is 0 Å². The summed E-state index contributed by atoms with van der Waals surface area (Å²) in [7, 11) is 0. The molecule has 172 valence electrons. The molecule has 0 bridgehead atoms. The molecule has 0 aromatic heterocycles. The molecule has 0 atom stereocenters. The SMILES string of the molecule is CC(C)c1ccc(N2CC3(CCN(C(=O)CC4(O)CCN(C(C)C)CC4)CC3)C2)cc1. The van der Waals surface area contributed by atoms with Gasteiger partial charge in [0, 0.05) is 56.4 Å². The Morgan fingerprint density at radius 3 is 2.03 bits per heavy atom.